The van der Waals surface area contributed by atoms with Gasteiger partial charge >= 0.3 is 0 Å². The summed E-state index contributed by atoms with van der Waals surface area (Å²) in [5.41, 5.74) is 7.12. The van der Waals surface area contributed by atoms with E-state index >= 15 is 0 Å². The maximum absolute atomic E-state index is 13.6. The Morgan fingerprint density at radius 1 is 0.717 bits per heavy atom. The second-order valence-electron chi connectivity index (χ2n) is 9.93. The Kier molecular flexibility index (Phi) is 9.52. The summed E-state index contributed by atoms with van der Waals surface area (Å²) in [5, 5.41) is 26.4. The quantitative estimate of drug-likeness (QED) is 0.113. The number of nitrogens with zero attached hydrogens (tertiary/aromatic N) is 2. The van der Waals surface area contributed by atoms with Crippen LogP contribution in [0.3, 0.4) is 0 Å². The van der Waals surface area contributed by atoms with Gasteiger partial charge in [0.15, 0.2) is 5.75 Å². The number of aromatic hydroxyl groups is 1. The van der Waals surface area contributed by atoms with Gasteiger partial charge in [0.05, 0.1) is 35.8 Å². The SMILES string of the molecule is CCOc1ccccc1NC(=O)c1ccc2c(N=Nc3ccc(C(N)=O)cc3)c(O)c(C(=O)Nc3ccccc3OCC)cc2c1. The number of anilines is 2. The van der Waals surface area contributed by atoms with Crippen molar-refractivity contribution in [1.29, 1.82) is 0 Å². The van der Waals surface area contributed by atoms with E-state index < -0.39 is 23.5 Å². The van der Waals surface area contributed by atoms with Crippen LogP contribution in [-0.4, -0.2) is 36.0 Å². The van der Waals surface area contributed by atoms with Crippen LogP contribution in [0.2, 0.25) is 0 Å². The lowest BCUT2D eigenvalue weighted by atomic mass is 10.00. The molecule has 5 rings (SSSR count). The number of azo groups is 1. The van der Waals surface area contributed by atoms with Crippen molar-refractivity contribution >= 4 is 51.2 Å². The van der Waals surface area contributed by atoms with Gasteiger partial charge in [-0.2, -0.15) is 5.11 Å². The fourth-order valence-corrected chi connectivity index (χ4v) is 4.68. The highest BCUT2D eigenvalue weighted by Crippen LogP contribution is 2.40. The number of primary amides is 1. The number of nitrogens with one attached hydrogen (secondary N) is 2. The molecule has 46 heavy (non-hydrogen) atoms. The number of hydrogen-bond donors (Lipinski definition) is 4. The molecule has 0 bridgehead atoms. The van der Waals surface area contributed by atoms with Gasteiger partial charge in [0.1, 0.15) is 17.2 Å². The number of phenolic OH excluding ortho intramolecular Hbond substituents is 1. The topological polar surface area (TPSA) is 165 Å². The van der Waals surface area contributed by atoms with Crippen molar-refractivity contribution in [3.8, 4) is 17.2 Å². The average Bonchev–Trinajstić information content (AvgIpc) is 3.06. The second kappa shape index (κ2) is 14.0. The zero-order chi connectivity index (χ0) is 32.6. The van der Waals surface area contributed by atoms with E-state index in [1.54, 1.807) is 72.8 Å². The Hall–Kier alpha value is -6.23. The molecule has 0 unspecified atom stereocenters. The second-order valence-corrected chi connectivity index (χ2v) is 9.93. The van der Waals surface area contributed by atoms with E-state index in [9.17, 15) is 19.5 Å². The number of amides is 3. The van der Waals surface area contributed by atoms with Crippen LogP contribution >= 0.6 is 0 Å². The van der Waals surface area contributed by atoms with Crippen LogP contribution in [0.4, 0.5) is 22.7 Å². The van der Waals surface area contributed by atoms with Crippen LogP contribution in [0.15, 0.2) is 107 Å². The highest BCUT2D eigenvalue weighted by molar-refractivity contribution is 6.14. The first-order chi connectivity index (χ1) is 22.3. The molecule has 0 heterocycles. The molecule has 5 N–H and O–H groups in total. The predicted octanol–water partition coefficient (Wildman–Crippen LogP) is 7.36. The van der Waals surface area contributed by atoms with Gasteiger partial charge in [0, 0.05) is 16.5 Å². The number of para-hydroxylation sites is 4. The molecule has 0 radical (unpaired) electrons. The minimum Gasteiger partial charge on any atom is -0.505 e. The zero-order valence-corrected chi connectivity index (χ0v) is 25.1. The van der Waals surface area contributed by atoms with Gasteiger partial charge in [-0.25, -0.2) is 0 Å². The third-order valence-electron chi connectivity index (χ3n) is 6.88. The molecular weight excluding hydrogens is 586 g/mol. The molecule has 0 spiro atoms. The van der Waals surface area contributed by atoms with Crippen LogP contribution in [0.1, 0.15) is 44.9 Å². The smallest absolute Gasteiger partial charge is 0.259 e. The molecule has 11 nitrogen and oxygen atoms in total. The summed E-state index contributed by atoms with van der Waals surface area (Å²) in [6.07, 6.45) is 0. The Labute approximate surface area is 264 Å². The van der Waals surface area contributed by atoms with Crippen LogP contribution < -0.4 is 25.8 Å². The highest BCUT2D eigenvalue weighted by Gasteiger charge is 2.21. The third-order valence-corrected chi connectivity index (χ3v) is 6.88. The number of carbonyl (C=O) groups is 3. The standard InChI is InChI=1S/C35H31N5O6/c1-3-45-29-11-7-5-9-27(29)37-34(43)22-15-18-25-23(19-22)20-26(35(44)38-28-10-6-8-12-30(28)46-4-2)32(41)31(25)40-39-24-16-13-21(14-17-24)33(36)42/h5-20,41H,3-4H2,1-2H3,(H2,36,42)(H,37,43)(H,38,44). The largest absolute Gasteiger partial charge is 0.505 e. The Balaban J connectivity index is 1.56. The van der Waals surface area contributed by atoms with E-state index in [1.807, 2.05) is 19.9 Å². The van der Waals surface area contributed by atoms with Gasteiger partial charge in [-0.3, -0.25) is 14.4 Å². The van der Waals surface area contributed by atoms with Crippen LogP contribution in [0, 0.1) is 0 Å². The Morgan fingerprint density at radius 3 is 1.87 bits per heavy atom. The molecule has 0 aliphatic rings. The molecular formula is C35H31N5O6. The number of ether oxygens (including phenoxy) is 2. The maximum atomic E-state index is 13.6. The van der Waals surface area contributed by atoms with E-state index in [2.05, 4.69) is 20.9 Å². The summed E-state index contributed by atoms with van der Waals surface area (Å²) < 4.78 is 11.3. The summed E-state index contributed by atoms with van der Waals surface area (Å²) in [4.78, 5) is 38.4. The van der Waals surface area contributed by atoms with Crippen molar-refractivity contribution in [3.05, 3.63) is 114 Å². The van der Waals surface area contributed by atoms with Crippen molar-refractivity contribution < 1.29 is 29.0 Å². The molecule has 0 fully saturated rings. The zero-order valence-electron chi connectivity index (χ0n) is 25.1. The number of fused-ring (bicyclic) bond motifs is 1. The van der Waals surface area contributed by atoms with Crippen LogP contribution in [-0.2, 0) is 0 Å². The molecule has 0 atom stereocenters. The number of phenols is 1. The molecule has 0 saturated carbocycles. The monoisotopic (exact) mass is 617 g/mol. The molecule has 3 amide bonds. The molecule has 5 aromatic carbocycles. The molecule has 5 aromatic rings. The molecule has 11 heteroatoms. The molecule has 0 aliphatic carbocycles. The average molecular weight is 618 g/mol. The van der Waals surface area contributed by atoms with Gasteiger partial charge in [-0.1, -0.05) is 30.3 Å². The van der Waals surface area contributed by atoms with Gasteiger partial charge in [0.2, 0.25) is 5.91 Å². The lowest BCUT2D eigenvalue weighted by Crippen LogP contribution is -2.14. The van der Waals surface area contributed by atoms with Crippen molar-refractivity contribution in [2.45, 2.75) is 13.8 Å². The number of hydrogen-bond acceptors (Lipinski definition) is 8. The van der Waals surface area contributed by atoms with Crippen LogP contribution in [0.5, 0.6) is 17.2 Å². The summed E-state index contributed by atoms with van der Waals surface area (Å²) in [6.45, 7) is 4.50. The van der Waals surface area contributed by atoms with E-state index in [4.69, 9.17) is 15.2 Å². The Morgan fingerprint density at radius 2 is 1.28 bits per heavy atom. The van der Waals surface area contributed by atoms with E-state index in [0.29, 0.717) is 63.7 Å². The number of benzene rings is 5. The first kappa shape index (κ1) is 31.2. The van der Waals surface area contributed by atoms with Crippen molar-refractivity contribution in [1.82, 2.24) is 0 Å². The first-order valence-corrected chi connectivity index (χ1v) is 14.5. The number of carbonyl (C=O) groups excluding carboxylic acids is 3. The summed E-state index contributed by atoms with van der Waals surface area (Å²) in [5.74, 6) is -1.05. The van der Waals surface area contributed by atoms with Gasteiger partial charge < -0.3 is 30.9 Å². The fraction of sp³-hybridized carbons (Fsp3) is 0.114. The van der Waals surface area contributed by atoms with Gasteiger partial charge in [-0.05, 0) is 86.0 Å². The van der Waals surface area contributed by atoms with E-state index in [0.717, 1.165) is 0 Å². The summed E-state index contributed by atoms with van der Waals surface area (Å²) >= 11 is 0. The Bertz CT molecular complexity index is 1960. The maximum Gasteiger partial charge on any atom is 0.259 e. The first-order valence-electron chi connectivity index (χ1n) is 14.5. The molecule has 0 saturated heterocycles. The summed E-state index contributed by atoms with van der Waals surface area (Å²) in [6, 6.07) is 26.4. The van der Waals surface area contributed by atoms with Crippen molar-refractivity contribution in [2.75, 3.05) is 23.8 Å². The van der Waals surface area contributed by atoms with Gasteiger partial charge in [-0.15, -0.1) is 5.11 Å². The van der Waals surface area contributed by atoms with Crippen LogP contribution in [0.25, 0.3) is 10.8 Å². The minimum atomic E-state index is -0.630. The van der Waals surface area contributed by atoms with E-state index in [-0.39, 0.29) is 11.3 Å². The van der Waals surface area contributed by atoms with E-state index in [1.165, 1.54) is 18.2 Å². The molecule has 232 valence electrons. The fourth-order valence-electron chi connectivity index (χ4n) is 4.68. The normalized spacial score (nSPS) is 10.9. The molecule has 0 aliphatic heterocycles. The third kappa shape index (κ3) is 6.94. The minimum absolute atomic E-state index is 0.00775. The lowest BCUT2D eigenvalue weighted by molar-refractivity contribution is 0.0996. The number of nitrogens with two attached hydrogens (primary N) is 1. The van der Waals surface area contributed by atoms with Crippen molar-refractivity contribution in [2.24, 2.45) is 16.0 Å². The summed E-state index contributed by atoms with van der Waals surface area (Å²) in [7, 11) is 0. The number of rotatable bonds is 11. The van der Waals surface area contributed by atoms with Crippen molar-refractivity contribution in [3.63, 3.8) is 0 Å². The lowest BCUT2D eigenvalue weighted by Gasteiger charge is -2.14. The van der Waals surface area contributed by atoms with Gasteiger partial charge in [0.25, 0.3) is 11.8 Å². The predicted molar refractivity (Wildman–Crippen MR) is 176 cm³/mol. The highest BCUT2D eigenvalue weighted by atomic mass is 16.5. The molecule has 0 aromatic heterocycles.